The molecule has 8 nitrogen and oxygen atoms in total. The summed E-state index contributed by atoms with van der Waals surface area (Å²) in [4.78, 5) is 0. The minimum Gasteiger partial charge on any atom is -0.236 e. The van der Waals surface area contributed by atoms with Crippen LogP contribution < -0.4 is 0 Å². The van der Waals surface area contributed by atoms with Crippen molar-refractivity contribution in [3.63, 3.8) is 0 Å². The summed E-state index contributed by atoms with van der Waals surface area (Å²) in [6.07, 6.45) is 3.43. The van der Waals surface area contributed by atoms with Crippen LogP contribution in [-0.2, 0) is 30.0 Å². The summed E-state index contributed by atoms with van der Waals surface area (Å²) in [5, 5.41) is 11.8. The molecule has 0 N–H and O–H groups in total. The maximum atomic E-state index is 14.3. The van der Waals surface area contributed by atoms with Gasteiger partial charge in [-0.3, -0.25) is 0 Å². The van der Waals surface area contributed by atoms with E-state index < -0.39 is 10.0 Å². The molecule has 0 amide bonds. The largest absolute Gasteiger partial charge is 0.262 e. The molecular formula is C18H21FN6O2S. The van der Waals surface area contributed by atoms with E-state index in [1.165, 1.54) is 21.3 Å². The third kappa shape index (κ3) is 3.12. The van der Waals surface area contributed by atoms with E-state index in [1.54, 1.807) is 36.1 Å². The summed E-state index contributed by atoms with van der Waals surface area (Å²) in [6, 6.07) is 6.43. The monoisotopic (exact) mass is 404 g/mol. The van der Waals surface area contributed by atoms with Crippen LogP contribution in [0.5, 0.6) is 0 Å². The first-order chi connectivity index (χ1) is 13.2. The van der Waals surface area contributed by atoms with Crippen molar-refractivity contribution in [2.45, 2.75) is 31.8 Å². The normalized spacial score (nSPS) is 17.3. The van der Waals surface area contributed by atoms with Crippen molar-refractivity contribution in [1.29, 1.82) is 0 Å². The molecule has 0 atom stereocenters. The zero-order chi connectivity index (χ0) is 20.1. The van der Waals surface area contributed by atoms with E-state index in [4.69, 9.17) is 0 Å². The Labute approximate surface area is 162 Å². The molecule has 3 heterocycles. The molecule has 0 saturated carbocycles. The van der Waals surface area contributed by atoms with E-state index in [1.807, 2.05) is 13.8 Å². The van der Waals surface area contributed by atoms with Crippen LogP contribution in [0.3, 0.4) is 0 Å². The van der Waals surface area contributed by atoms with Crippen LogP contribution in [-0.4, -0.2) is 44.0 Å². The van der Waals surface area contributed by atoms with Crippen molar-refractivity contribution in [2.24, 2.45) is 12.5 Å². The van der Waals surface area contributed by atoms with Crippen molar-refractivity contribution in [3.05, 3.63) is 53.7 Å². The minimum atomic E-state index is -3.79. The highest BCUT2D eigenvalue weighted by Gasteiger charge is 2.38. The topological polar surface area (TPSA) is 85.9 Å². The molecule has 0 spiro atoms. The zero-order valence-corrected chi connectivity index (χ0v) is 16.7. The average molecular weight is 404 g/mol. The van der Waals surface area contributed by atoms with Crippen LogP contribution in [0.1, 0.15) is 25.1 Å². The van der Waals surface area contributed by atoms with E-state index in [-0.39, 0.29) is 22.8 Å². The highest BCUT2D eigenvalue weighted by Crippen LogP contribution is 2.34. The fourth-order valence-electron chi connectivity index (χ4n) is 3.61. The second-order valence-corrected chi connectivity index (χ2v) is 9.67. The minimum absolute atomic E-state index is 0.0354. The Kier molecular flexibility index (Phi) is 4.35. The Bertz CT molecular complexity index is 1130. The van der Waals surface area contributed by atoms with Crippen molar-refractivity contribution in [1.82, 2.24) is 29.1 Å². The van der Waals surface area contributed by atoms with Gasteiger partial charge < -0.3 is 0 Å². The van der Waals surface area contributed by atoms with Gasteiger partial charge >= 0.3 is 0 Å². The Morgan fingerprint density at radius 2 is 1.93 bits per heavy atom. The van der Waals surface area contributed by atoms with Crippen LogP contribution >= 0.6 is 0 Å². The standard InChI is InChI=1S/C18H21FN6O2S/c1-18(2)8-16-13(9-21-25(16)15-7-5-4-6-14(15)19)11-24(12-18)28(26,27)17-10-20-22-23(17)3/h4-7,9-10H,8,11-12H2,1-3H3. The lowest BCUT2D eigenvalue weighted by atomic mass is 9.88. The van der Waals surface area contributed by atoms with Gasteiger partial charge in [-0.15, -0.1) is 5.10 Å². The second-order valence-electron chi connectivity index (χ2n) is 7.79. The van der Waals surface area contributed by atoms with Crippen molar-refractivity contribution in [3.8, 4) is 5.69 Å². The van der Waals surface area contributed by atoms with Gasteiger partial charge in [0.15, 0.2) is 5.03 Å². The lowest BCUT2D eigenvalue weighted by Gasteiger charge is -2.29. The lowest BCUT2D eigenvalue weighted by molar-refractivity contribution is 0.262. The maximum absolute atomic E-state index is 14.3. The first-order valence-electron chi connectivity index (χ1n) is 8.84. The van der Waals surface area contributed by atoms with E-state index in [0.29, 0.717) is 18.7 Å². The molecule has 2 aromatic heterocycles. The molecule has 0 radical (unpaired) electrons. The molecule has 28 heavy (non-hydrogen) atoms. The van der Waals surface area contributed by atoms with Gasteiger partial charge in [-0.1, -0.05) is 31.2 Å². The third-order valence-electron chi connectivity index (χ3n) is 4.91. The van der Waals surface area contributed by atoms with Gasteiger partial charge in [-0.05, 0) is 24.0 Å². The molecule has 4 rings (SSSR count). The fraction of sp³-hybridized carbons (Fsp3) is 0.389. The van der Waals surface area contributed by atoms with Gasteiger partial charge in [0.1, 0.15) is 11.5 Å². The predicted octanol–water partition coefficient (Wildman–Crippen LogP) is 1.91. The summed E-state index contributed by atoms with van der Waals surface area (Å²) in [5.41, 5.74) is 1.54. The highest BCUT2D eigenvalue weighted by molar-refractivity contribution is 7.89. The Morgan fingerprint density at radius 3 is 2.61 bits per heavy atom. The third-order valence-corrected chi connectivity index (χ3v) is 6.75. The zero-order valence-electron chi connectivity index (χ0n) is 15.9. The second kappa shape index (κ2) is 6.49. The van der Waals surface area contributed by atoms with Crippen LogP contribution in [0.2, 0.25) is 0 Å². The van der Waals surface area contributed by atoms with Crippen LogP contribution in [0.15, 0.2) is 41.7 Å². The number of hydrogen-bond donors (Lipinski definition) is 0. The Hall–Kier alpha value is -2.59. The maximum Gasteiger partial charge on any atom is 0.262 e. The van der Waals surface area contributed by atoms with Crippen molar-refractivity contribution < 1.29 is 12.8 Å². The van der Waals surface area contributed by atoms with Crippen molar-refractivity contribution in [2.75, 3.05) is 6.54 Å². The molecule has 1 aliphatic rings. The van der Waals surface area contributed by atoms with Gasteiger partial charge in [0.05, 0.1) is 12.4 Å². The van der Waals surface area contributed by atoms with Gasteiger partial charge in [-0.25, -0.2) is 22.2 Å². The number of para-hydroxylation sites is 1. The molecule has 0 unspecified atom stereocenters. The number of nitrogens with zero attached hydrogens (tertiary/aromatic N) is 6. The Morgan fingerprint density at radius 1 is 1.18 bits per heavy atom. The summed E-state index contributed by atoms with van der Waals surface area (Å²) >= 11 is 0. The quantitative estimate of drug-likeness (QED) is 0.666. The number of sulfonamides is 1. The van der Waals surface area contributed by atoms with Gasteiger partial charge in [0.2, 0.25) is 0 Å². The van der Waals surface area contributed by atoms with Crippen LogP contribution in [0.4, 0.5) is 4.39 Å². The van der Waals surface area contributed by atoms with E-state index >= 15 is 0 Å². The van der Waals surface area contributed by atoms with Gasteiger partial charge in [0, 0.05) is 31.4 Å². The van der Waals surface area contributed by atoms with E-state index in [9.17, 15) is 12.8 Å². The summed E-state index contributed by atoms with van der Waals surface area (Å²) in [7, 11) is -2.24. The number of benzene rings is 1. The summed E-state index contributed by atoms with van der Waals surface area (Å²) < 4.78 is 45.0. The number of fused-ring (bicyclic) bond motifs is 1. The van der Waals surface area contributed by atoms with Crippen molar-refractivity contribution >= 4 is 10.0 Å². The average Bonchev–Trinajstić information content (AvgIpc) is 3.18. The number of aryl methyl sites for hydroxylation is 1. The summed E-state index contributed by atoms with van der Waals surface area (Å²) in [5.74, 6) is -0.374. The van der Waals surface area contributed by atoms with E-state index in [0.717, 1.165) is 11.3 Å². The van der Waals surface area contributed by atoms with E-state index in [2.05, 4.69) is 15.4 Å². The molecular weight excluding hydrogens is 383 g/mol. The first kappa shape index (κ1) is 18.8. The molecule has 10 heteroatoms. The van der Waals surface area contributed by atoms with Crippen LogP contribution in [0.25, 0.3) is 5.69 Å². The molecule has 0 aliphatic carbocycles. The fourth-order valence-corrected chi connectivity index (χ4v) is 5.25. The molecule has 3 aromatic rings. The summed E-state index contributed by atoms with van der Waals surface area (Å²) in [6.45, 7) is 4.45. The smallest absolute Gasteiger partial charge is 0.236 e. The van der Waals surface area contributed by atoms with Crippen LogP contribution in [0, 0.1) is 11.2 Å². The first-order valence-corrected chi connectivity index (χ1v) is 10.3. The number of halogens is 1. The molecule has 1 aromatic carbocycles. The molecule has 1 aliphatic heterocycles. The number of hydrogen-bond acceptors (Lipinski definition) is 5. The van der Waals surface area contributed by atoms with Gasteiger partial charge in [-0.2, -0.15) is 9.40 Å². The number of aromatic nitrogens is 5. The number of rotatable bonds is 3. The molecule has 0 fully saturated rings. The Balaban J connectivity index is 1.80. The lowest BCUT2D eigenvalue weighted by Crippen LogP contribution is -2.38. The SMILES string of the molecule is Cn1nncc1S(=O)(=O)N1Cc2cnn(-c3ccccc3F)c2CC(C)(C)C1. The predicted molar refractivity (Wildman–Crippen MR) is 99.6 cm³/mol. The van der Waals surface area contributed by atoms with Gasteiger partial charge in [0.25, 0.3) is 10.0 Å². The molecule has 0 bridgehead atoms. The molecule has 0 saturated heterocycles. The molecule has 148 valence electrons. The highest BCUT2D eigenvalue weighted by atomic mass is 32.2.